The molecule has 2 unspecified atom stereocenters. The minimum absolute atomic E-state index is 0.131. The summed E-state index contributed by atoms with van der Waals surface area (Å²) in [6.45, 7) is 7.86. The van der Waals surface area contributed by atoms with Crippen LogP contribution in [0.5, 0.6) is 0 Å². The van der Waals surface area contributed by atoms with Gasteiger partial charge < -0.3 is 5.73 Å². The molecule has 0 saturated carbocycles. The van der Waals surface area contributed by atoms with Crippen LogP contribution < -0.4 is 5.73 Å². The molecule has 5 heteroatoms. The molecule has 0 aliphatic carbocycles. The molecule has 102 valence electrons. The third kappa shape index (κ3) is 2.93. The van der Waals surface area contributed by atoms with Crippen molar-refractivity contribution in [2.24, 2.45) is 5.73 Å². The molecule has 2 rings (SSSR count). The van der Waals surface area contributed by atoms with E-state index < -0.39 is 0 Å². The van der Waals surface area contributed by atoms with Crippen molar-refractivity contribution < 1.29 is 0 Å². The van der Waals surface area contributed by atoms with Crippen LogP contribution >= 0.6 is 38.9 Å². The highest BCUT2D eigenvalue weighted by atomic mass is 79.9. The van der Waals surface area contributed by atoms with E-state index in [1.807, 2.05) is 0 Å². The molecule has 0 bridgehead atoms. The van der Waals surface area contributed by atoms with Crippen LogP contribution in [0.4, 0.5) is 0 Å². The van der Waals surface area contributed by atoms with Crippen molar-refractivity contribution in [3.8, 4) is 0 Å². The van der Waals surface area contributed by atoms with Gasteiger partial charge in [-0.1, -0.05) is 11.6 Å². The highest BCUT2D eigenvalue weighted by molar-refractivity contribution is 9.10. The van der Waals surface area contributed by atoms with Crippen molar-refractivity contribution >= 4 is 38.9 Å². The van der Waals surface area contributed by atoms with Crippen LogP contribution in [0, 0.1) is 0 Å². The van der Waals surface area contributed by atoms with Crippen molar-refractivity contribution in [3.63, 3.8) is 0 Å². The number of likely N-dealkylation sites (tertiary alicyclic amines) is 1. The molecule has 1 aromatic rings. The quantitative estimate of drug-likeness (QED) is 0.811. The summed E-state index contributed by atoms with van der Waals surface area (Å²) < 4.78 is 1.80. The normalized spacial score (nSPS) is 26.6. The lowest BCUT2D eigenvalue weighted by Crippen LogP contribution is -2.53. The Kier molecular flexibility index (Phi) is 4.44. The molecule has 2 nitrogen and oxygen atoms in total. The molecule has 18 heavy (non-hydrogen) atoms. The molecule has 0 spiro atoms. The van der Waals surface area contributed by atoms with Crippen LogP contribution in [0.25, 0.3) is 0 Å². The summed E-state index contributed by atoms with van der Waals surface area (Å²) in [7, 11) is 0. The van der Waals surface area contributed by atoms with E-state index in [0.717, 1.165) is 21.8 Å². The first-order valence-electron chi connectivity index (χ1n) is 6.28. The van der Waals surface area contributed by atoms with E-state index in [-0.39, 0.29) is 17.6 Å². The summed E-state index contributed by atoms with van der Waals surface area (Å²) in [5.74, 6) is 0. The largest absolute Gasteiger partial charge is 0.326 e. The third-order valence-electron chi connectivity index (χ3n) is 3.50. The van der Waals surface area contributed by atoms with Crippen LogP contribution in [-0.2, 0) is 0 Å². The highest BCUT2D eigenvalue weighted by Gasteiger charge is 2.37. The average molecular weight is 352 g/mol. The topological polar surface area (TPSA) is 29.3 Å². The molecule has 0 radical (unpaired) electrons. The van der Waals surface area contributed by atoms with Crippen molar-refractivity contribution in [1.82, 2.24) is 4.90 Å². The first kappa shape index (κ1) is 14.8. The van der Waals surface area contributed by atoms with E-state index in [1.54, 1.807) is 11.3 Å². The smallest absolute Gasteiger partial charge is 0.107 e. The van der Waals surface area contributed by atoms with Gasteiger partial charge in [-0.2, -0.15) is 0 Å². The molecule has 2 atom stereocenters. The minimum atomic E-state index is 0.131. The maximum Gasteiger partial charge on any atom is 0.107 e. The van der Waals surface area contributed by atoms with E-state index in [2.05, 4.69) is 47.7 Å². The SMILES string of the molecule is CC(C)(C)N1CCCC(N)C1c1cc(Br)c(Cl)s1. The summed E-state index contributed by atoms with van der Waals surface area (Å²) in [6.07, 6.45) is 2.26. The van der Waals surface area contributed by atoms with Crippen LogP contribution in [0.1, 0.15) is 44.5 Å². The van der Waals surface area contributed by atoms with Crippen LogP contribution in [0.3, 0.4) is 0 Å². The molecule has 0 aromatic carbocycles. The molecular weight excluding hydrogens is 332 g/mol. The lowest BCUT2D eigenvalue weighted by molar-refractivity contribution is 0.0402. The standard InChI is InChI=1S/C13H20BrClN2S/c1-13(2,3)17-6-4-5-9(16)11(17)10-7-8(14)12(15)18-10/h7,9,11H,4-6,16H2,1-3H3. The first-order valence-corrected chi connectivity index (χ1v) is 8.26. The van der Waals surface area contributed by atoms with Gasteiger partial charge in [0.2, 0.25) is 0 Å². The average Bonchev–Trinajstić information content (AvgIpc) is 2.57. The van der Waals surface area contributed by atoms with E-state index >= 15 is 0 Å². The number of rotatable bonds is 1. The number of halogens is 2. The van der Waals surface area contributed by atoms with Crippen molar-refractivity contribution in [2.75, 3.05) is 6.54 Å². The van der Waals surface area contributed by atoms with Crippen LogP contribution in [-0.4, -0.2) is 23.0 Å². The van der Waals surface area contributed by atoms with Crippen molar-refractivity contribution in [3.05, 3.63) is 19.8 Å². The summed E-state index contributed by atoms with van der Waals surface area (Å²) >= 11 is 11.3. The fourth-order valence-electron chi connectivity index (χ4n) is 2.65. The number of nitrogens with zero attached hydrogens (tertiary/aromatic N) is 1. The molecule has 1 aromatic heterocycles. The Labute approximate surface area is 127 Å². The molecule has 1 aliphatic rings. The van der Waals surface area contributed by atoms with Gasteiger partial charge in [-0.25, -0.2) is 0 Å². The summed E-state index contributed by atoms with van der Waals surface area (Å²) in [4.78, 5) is 3.78. The van der Waals surface area contributed by atoms with Crippen LogP contribution in [0.15, 0.2) is 10.5 Å². The molecule has 1 fully saturated rings. The fourth-order valence-corrected chi connectivity index (χ4v) is 4.58. The third-order valence-corrected chi connectivity index (χ3v) is 6.04. The van der Waals surface area contributed by atoms with Gasteiger partial charge in [0, 0.05) is 20.9 Å². The summed E-state index contributed by atoms with van der Waals surface area (Å²) in [5, 5.41) is 0. The van der Waals surface area contributed by atoms with E-state index in [1.165, 1.54) is 11.3 Å². The van der Waals surface area contributed by atoms with Crippen molar-refractivity contribution in [1.29, 1.82) is 0 Å². The van der Waals surface area contributed by atoms with Gasteiger partial charge in [0.15, 0.2) is 0 Å². The van der Waals surface area contributed by atoms with Gasteiger partial charge in [-0.15, -0.1) is 11.3 Å². The maximum absolute atomic E-state index is 6.36. The number of thiophene rings is 1. The van der Waals surface area contributed by atoms with Gasteiger partial charge in [0.1, 0.15) is 4.34 Å². The number of piperidine rings is 1. The second-order valence-corrected chi connectivity index (χ2v) is 8.43. The van der Waals surface area contributed by atoms with Gasteiger partial charge in [0.25, 0.3) is 0 Å². The minimum Gasteiger partial charge on any atom is -0.326 e. The molecule has 2 N–H and O–H groups in total. The molecule has 2 heterocycles. The second-order valence-electron chi connectivity index (χ2n) is 5.89. The Morgan fingerprint density at radius 3 is 2.67 bits per heavy atom. The van der Waals surface area contributed by atoms with Crippen LogP contribution in [0.2, 0.25) is 4.34 Å². The molecule has 1 aliphatic heterocycles. The number of nitrogens with two attached hydrogens (primary N) is 1. The maximum atomic E-state index is 6.36. The van der Waals surface area contributed by atoms with E-state index in [9.17, 15) is 0 Å². The number of hydrogen-bond donors (Lipinski definition) is 1. The molecular formula is C13H20BrClN2S. The van der Waals surface area contributed by atoms with Gasteiger partial charge in [-0.05, 0) is 62.2 Å². The summed E-state index contributed by atoms with van der Waals surface area (Å²) in [6, 6.07) is 2.61. The Hall–Kier alpha value is 0.390. The molecule has 0 amide bonds. The molecule has 1 saturated heterocycles. The van der Waals surface area contributed by atoms with E-state index in [4.69, 9.17) is 17.3 Å². The monoisotopic (exact) mass is 350 g/mol. The Morgan fingerprint density at radius 2 is 2.17 bits per heavy atom. The lowest BCUT2D eigenvalue weighted by Gasteiger charge is -2.47. The second kappa shape index (κ2) is 5.41. The van der Waals surface area contributed by atoms with Gasteiger partial charge in [0.05, 0.1) is 6.04 Å². The predicted octanol–water partition coefficient (Wildman–Crippen LogP) is 4.43. The Bertz CT molecular complexity index is 408. The van der Waals surface area contributed by atoms with Gasteiger partial charge >= 0.3 is 0 Å². The highest BCUT2D eigenvalue weighted by Crippen LogP contribution is 2.42. The van der Waals surface area contributed by atoms with Gasteiger partial charge in [-0.3, -0.25) is 4.90 Å². The van der Waals surface area contributed by atoms with Crippen molar-refractivity contribution in [2.45, 2.75) is 51.2 Å². The Balaban J connectivity index is 2.36. The zero-order chi connectivity index (χ0) is 13.5. The van der Waals surface area contributed by atoms with E-state index in [0.29, 0.717) is 0 Å². The first-order chi connectivity index (χ1) is 8.30. The zero-order valence-corrected chi connectivity index (χ0v) is 14.2. The Morgan fingerprint density at radius 1 is 1.50 bits per heavy atom. The number of hydrogen-bond acceptors (Lipinski definition) is 3. The fraction of sp³-hybridized carbons (Fsp3) is 0.692. The lowest BCUT2D eigenvalue weighted by atomic mass is 9.90. The summed E-state index contributed by atoms with van der Waals surface area (Å²) in [5.41, 5.74) is 6.49. The predicted molar refractivity (Wildman–Crippen MR) is 83.4 cm³/mol. The zero-order valence-electron chi connectivity index (χ0n) is 11.0.